The van der Waals surface area contributed by atoms with Crippen molar-refractivity contribution in [3.63, 3.8) is 0 Å². The second-order valence-corrected chi connectivity index (χ2v) is 5.31. The van der Waals surface area contributed by atoms with Gasteiger partial charge in [-0.2, -0.15) is 5.10 Å². The molecule has 0 aliphatic rings. The molecule has 0 fully saturated rings. The van der Waals surface area contributed by atoms with Crippen LogP contribution in [0.15, 0.2) is 4.47 Å². The average molecular weight is 318 g/mol. The number of aromatic nitrogens is 2. The van der Waals surface area contributed by atoms with Crippen LogP contribution in [0.4, 0.5) is 0 Å². The Balaban J connectivity index is 2.78. The van der Waals surface area contributed by atoms with Gasteiger partial charge in [0, 0.05) is 19.6 Å². The summed E-state index contributed by atoms with van der Waals surface area (Å²) in [6.45, 7) is 9.98. The number of hydrogen-bond acceptors (Lipinski definition) is 3. The molecule has 4 nitrogen and oxygen atoms in total. The van der Waals surface area contributed by atoms with Crippen molar-refractivity contribution in [2.45, 2.75) is 46.7 Å². The molecule has 0 aliphatic carbocycles. The quantitative estimate of drug-likeness (QED) is 0.801. The van der Waals surface area contributed by atoms with Crippen LogP contribution in [0.2, 0.25) is 0 Å². The second kappa shape index (κ2) is 7.92. The highest BCUT2D eigenvalue weighted by molar-refractivity contribution is 9.10. The lowest BCUT2D eigenvalue weighted by molar-refractivity contribution is 0.184. The summed E-state index contributed by atoms with van der Waals surface area (Å²) < 4.78 is 3.14. The molecular weight excluding hydrogens is 294 g/mol. The largest absolute Gasteiger partial charge is 0.395 e. The molecule has 0 aliphatic heterocycles. The number of nitrogens with zero attached hydrogens (tertiary/aromatic N) is 3. The molecule has 0 atom stereocenters. The van der Waals surface area contributed by atoms with Crippen molar-refractivity contribution in [2.75, 3.05) is 19.7 Å². The molecule has 0 radical (unpaired) electrons. The van der Waals surface area contributed by atoms with Gasteiger partial charge in [0.05, 0.1) is 22.5 Å². The molecule has 18 heavy (non-hydrogen) atoms. The summed E-state index contributed by atoms with van der Waals surface area (Å²) in [7, 11) is 0. The monoisotopic (exact) mass is 317 g/mol. The fraction of sp³-hybridized carbons (Fsp3) is 0.769. The number of hydrogen-bond donors (Lipinski definition) is 1. The van der Waals surface area contributed by atoms with E-state index in [0.717, 1.165) is 42.8 Å². The van der Waals surface area contributed by atoms with Gasteiger partial charge in [-0.3, -0.25) is 9.58 Å². The predicted octanol–water partition coefficient (Wildman–Crippen LogP) is 2.57. The molecule has 1 aromatic rings. The van der Waals surface area contributed by atoms with E-state index < -0.39 is 0 Å². The molecule has 0 saturated carbocycles. The Morgan fingerprint density at radius 3 is 2.61 bits per heavy atom. The molecule has 1 rings (SSSR count). The van der Waals surface area contributed by atoms with Crippen LogP contribution in [0, 0.1) is 6.92 Å². The first kappa shape index (κ1) is 15.7. The van der Waals surface area contributed by atoms with E-state index in [9.17, 15) is 0 Å². The molecule has 0 unspecified atom stereocenters. The van der Waals surface area contributed by atoms with E-state index >= 15 is 0 Å². The minimum absolute atomic E-state index is 0.209. The normalized spacial score (nSPS) is 11.4. The maximum atomic E-state index is 9.14. The van der Waals surface area contributed by atoms with Gasteiger partial charge in [-0.25, -0.2) is 0 Å². The Kier molecular flexibility index (Phi) is 6.89. The lowest BCUT2D eigenvalue weighted by Crippen LogP contribution is -2.28. The molecular formula is C13H24BrN3O. The Bertz CT molecular complexity index is 365. The molecule has 0 bridgehead atoms. The van der Waals surface area contributed by atoms with Gasteiger partial charge in [-0.15, -0.1) is 0 Å². The zero-order chi connectivity index (χ0) is 13.5. The highest BCUT2D eigenvalue weighted by Gasteiger charge is 2.15. The highest BCUT2D eigenvalue weighted by Crippen LogP contribution is 2.22. The smallest absolute Gasteiger partial charge is 0.0739 e. The number of aryl methyl sites for hydroxylation is 2. The number of rotatable bonds is 8. The fourth-order valence-corrected chi connectivity index (χ4v) is 2.43. The number of aliphatic hydroxyl groups is 1. The van der Waals surface area contributed by atoms with Crippen LogP contribution < -0.4 is 0 Å². The van der Waals surface area contributed by atoms with Crippen molar-refractivity contribution in [3.05, 3.63) is 15.9 Å². The fourth-order valence-electron chi connectivity index (χ4n) is 2.02. The second-order valence-electron chi connectivity index (χ2n) is 4.52. The van der Waals surface area contributed by atoms with Crippen molar-refractivity contribution >= 4 is 15.9 Å². The van der Waals surface area contributed by atoms with E-state index in [-0.39, 0.29) is 6.61 Å². The van der Waals surface area contributed by atoms with Crippen molar-refractivity contribution < 1.29 is 5.11 Å². The first-order valence-electron chi connectivity index (χ1n) is 6.69. The van der Waals surface area contributed by atoms with Crippen LogP contribution in [0.25, 0.3) is 0 Å². The maximum Gasteiger partial charge on any atom is 0.0739 e. The van der Waals surface area contributed by atoms with Crippen LogP contribution in [-0.2, 0) is 13.1 Å². The molecule has 0 saturated heterocycles. The Labute approximate surface area is 118 Å². The van der Waals surface area contributed by atoms with Crippen LogP contribution >= 0.6 is 15.9 Å². The number of unbranched alkanes of at least 4 members (excludes halogenated alkanes) is 1. The summed E-state index contributed by atoms with van der Waals surface area (Å²) in [5.74, 6) is 0. The molecule has 0 aromatic carbocycles. The molecule has 0 spiro atoms. The SMILES string of the molecule is CCCCN(CCO)Cc1c(Br)c(C)nn1CC. The minimum atomic E-state index is 0.209. The first-order chi connectivity index (χ1) is 8.63. The summed E-state index contributed by atoms with van der Waals surface area (Å²) in [4.78, 5) is 2.29. The molecule has 1 heterocycles. The van der Waals surface area contributed by atoms with Crippen molar-refractivity contribution in [1.29, 1.82) is 0 Å². The van der Waals surface area contributed by atoms with E-state index in [2.05, 4.69) is 39.8 Å². The summed E-state index contributed by atoms with van der Waals surface area (Å²) in [6, 6.07) is 0. The molecule has 1 aromatic heterocycles. The van der Waals surface area contributed by atoms with Gasteiger partial charge >= 0.3 is 0 Å². The molecule has 104 valence electrons. The summed E-state index contributed by atoms with van der Waals surface area (Å²) in [6.07, 6.45) is 2.34. The Morgan fingerprint density at radius 2 is 2.06 bits per heavy atom. The lowest BCUT2D eigenvalue weighted by atomic mass is 10.3. The zero-order valence-electron chi connectivity index (χ0n) is 11.6. The van der Waals surface area contributed by atoms with Crippen molar-refractivity contribution in [3.8, 4) is 0 Å². The highest BCUT2D eigenvalue weighted by atomic mass is 79.9. The van der Waals surface area contributed by atoms with Gasteiger partial charge in [0.15, 0.2) is 0 Å². The third-order valence-corrected chi connectivity index (χ3v) is 4.10. The summed E-state index contributed by atoms with van der Waals surface area (Å²) in [5.41, 5.74) is 2.24. The van der Waals surface area contributed by atoms with Gasteiger partial charge in [0.1, 0.15) is 0 Å². The Hall–Kier alpha value is -0.390. The third-order valence-electron chi connectivity index (χ3n) is 3.07. The minimum Gasteiger partial charge on any atom is -0.395 e. The van der Waals surface area contributed by atoms with Crippen LogP contribution in [-0.4, -0.2) is 39.5 Å². The third kappa shape index (κ3) is 4.07. The van der Waals surface area contributed by atoms with E-state index in [1.165, 1.54) is 12.1 Å². The van der Waals surface area contributed by atoms with Gasteiger partial charge < -0.3 is 5.11 Å². The van der Waals surface area contributed by atoms with Gasteiger partial charge in [0.25, 0.3) is 0 Å². The maximum absolute atomic E-state index is 9.14. The van der Waals surface area contributed by atoms with Gasteiger partial charge in [-0.1, -0.05) is 13.3 Å². The van der Waals surface area contributed by atoms with Crippen molar-refractivity contribution in [1.82, 2.24) is 14.7 Å². The van der Waals surface area contributed by atoms with E-state index in [1.54, 1.807) is 0 Å². The number of aliphatic hydroxyl groups excluding tert-OH is 1. The van der Waals surface area contributed by atoms with Crippen molar-refractivity contribution in [2.24, 2.45) is 0 Å². The predicted molar refractivity (Wildman–Crippen MR) is 77.6 cm³/mol. The van der Waals surface area contributed by atoms with Gasteiger partial charge in [0.2, 0.25) is 0 Å². The van der Waals surface area contributed by atoms with E-state index in [4.69, 9.17) is 5.11 Å². The van der Waals surface area contributed by atoms with Gasteiger partial charge in [-0.05, 0) is 42.7 Å². The molecule has 0 amide bonds. The standard InChI is InChI=1S/C13H24BrN3O/c1-4-6-7-16(8-9-18)10-12-13(14)11(3)15-17(12)5-2/h18H,4-10H2,1-3H3. The summed E-state index contributed by atoms with van der Waals surface area (Å²) in [5, 5.41) is 13.6. The topological polar surface area (TPSA) is 41.3 Å². The van der Waals surface area contributed by atoms with E-state index in [1.807, 2.05) is 11.6 Å². The molecule has 5 heteroatoms. The zero-order valence-corrected chi connectivity index (χ0v) is 13.2. The number of halogens is 1. The molecule has 1 N–H and O–H groups in total. The lowest BCUT2D eigenvalue weighted by Gasteiger charge is -2.21. The average Bonchev–Trinajstić information content (AvgIpc) is 2.63. The van der Waals surface area contributed by atoms with Crippen LogP contribution in [0.5, 0.6) is 0 Å². The summed E-state index contributed by atoms with van der Waals surface area (Å²) >= 11 is 3.62. The Morgan fingerprint density at radius 1 is 1.33 bits per heavy atom. The van der Waals surface area contributed by atoms with E-state index in [0.29, 0.717) is 0 Å². The first-order valence-corrected chi connectivity index (χ1v) is 7.48. The van der Waals surface area contributed by atoms with Crippen LogP contribution in [0.1, 0.15) is 38.1 Å². The van der Waals surface area contributed by atoms with Crippen LogP contribution in [0.3, 0.4) is 0 Å².